The van der Waals surface area contributed by atoms with E-state index in [2.05, 4.69) is 43.0 Å². The van der Waals surface area contributed by atoms with Gasteiger partial charge in [-0.05, 0) is 24.3 Å². The molecule has 0 radical (unpaired) electrons. The Kier molecular flexibility index (Phi) is 11.3. The van der Waals surface area contributed by atoms with E-state index in [0.717, 1.165) is 45.6 Å². The average molecular weight is 376 g/mol. The monoisotopic (exact) mass is 375 g/mol. The number of hydrogen-bond donors (Lipinski definition) is 1. The van der Waals surface area contributed by atoms with E-state index in [-0.39, 0.29) is 36.8 Å². The lowest BCUT2D eigenvalue weighted by Gasteiger charge is -2.25. The lowest BCUT2D eigenvalue weighted by molar-refractivity contribution is -0.132. The van der Waals surface area contributed by atoms with Gasteiger partial charge >= 0.3 is 0 Å². The Morgan fingerprint density at radius 1 is 1.08 bits per heavy atom. The lowest BCUT2D eigenvalue weighted by Crippen LogP contribution is -2.45. The summed E-state index contributed by atoms with van der Waals surface area (Å²) >= 11 is 0. The SMILES string of the molecule is CC(C)C[C@H](N)C(=O)N1CCCN(Cc2ccccc2)CC1.Cl.Cl. The number of carbonyl (C=O) groups is 1. The van der Waals surface area contributed by atoms with Gasteiger partial charge in [0.15, 0.2) is 0 Å². The minimum Gasteiger partial charge on any atom is -0.340 e. The highest BCUT2D eigenvalue weighted by Crippen LogP contribution is 2.11. The molecule has 6 heteroatoms. The summed E-state index contributed by atoms with van der Waals surface area (Å²) in [6.45, 7) is 8.76. The summed E-state index contributed by atoms with van der Waals surface area (Å²) in [4.78, 5) is 16.8. The average Bonchev–Trinajstić information content (AvgIpc) is 2.72. The standard InChI is InChI=1S/C18H29N3O.2ClH/c1-15(2)13-17(19)18(22)21-10-6-9-20(11-12-21)14-16-7-4-3-5-8-16;;/h3-5,7-8,15,17H,6,9-14,19H2,1-2H3;2*1H/t17-;;/m0../s1. The van der Waals surface area contributed by atoms with Crippen molar-refractivity contribution in [2.24, 2.45) is 11.7 Å². The molecule has 4 nitrogen and oxygen atoms in total. The smallest absolute Gasteiger partial charge is 0.239 e. The van der Waals surface area contributed by atoms with Crippen molar-refractivity contribution in [2.75, 3.05) is 26.2 Å². The minimum absolute atomic E-state index is 0. The van der Waals surface area contributed by atoms with Crippen molar-refractivity contribution >= 4 is 30.7 Å². The fourth-order valence-corrected chi connectivity index (χ4v) is 3.03. The first-order valence-corrected chi connectivity index (χ1v) is 8.37. The van der Waals surface area contributed by atoms with Gasteiger partial charge in [-0.1, -0.05) is 44.2 Å². The van der Waals surface area contributed by atoms with Crippen LogP contribution in [0.4, 0.5) is 0 Å². The summed E-state index contributed by atoms with van der Waals surface area (Å²) in [5, 5.41) is 0. The van der Waals surface area contributed by atoms with E-state index in [1.165, 1.54) is 5.56 Å². The number of nitrogens with two attached hydrogens (primary N) is 1. The molecule has 1 aliphatic rings. The molecule has 1 saturated heterocycles. The predicted octanol–water partition coefficient (Wildman–Crippen LogP) is 2.94. The summed E-state index contributed by atoms with van der Waals surface area (Å²) in [6, 6.07) is 10.2. The summed E-state index contributed by atoms with van der Waals surface area (Å²) in [5.41, 5.74) is 7.39. The van der Waals surface area contributed by atoms with Crippen LogP contribution in [0.1, 0.15) is 32.3 Å². The molecule has 1 aromatic rings. The second-order valence-electron chi connectivity index (χ2n) is 6.68. The molecule has 0 spiro atoms. The molecule has 1 amide bonds. The van der Waals surface area contributed by atoms with Crippen LogP contribution in [0.2, 0.25) is 0 Å². The molecule has 0 bridgehead atoms. The normalized spacial score (nSPS) is 16.8. The van der Waals surface area contributed by atoms with Gasteiger partial charge in [0.1, 0.15) is 0 Å². The van der Waals surface area contributed by atoms with Gasteiger partial charge in [-0.3, -0.25) is 9.69 Å². The van der Waals surface area contributed by atoms with Gasteiger partial charge in [-0.15, -0.1) is 24.8 Å². The zero-order chi connectivity index (χ0) is 15.9. The van der Waals surface area contributed by atoms with Gasteiger partial charge < -0.3 is 10.6 Å². The Labute approximate surface area is 158 Å². The van der Waals surface area contributed by atoms with Crippen molar-refractivity contribution in [3.8, 4) is 0 Å². The summed E-state index contributed by atoms with van der Waals surface area (Å²) in [6.07, 6.45) is 1.79. The van der Waals surface area contributed by atoms with Crippen LogP contribution < -0.4 is 5.73 Å². The molecule has 138 valence electrons. The molecule has 1 aliphatic heterocycles. The van der Waals surface area contributed by atoms with Crippen LogP contribution in [0.3, 0.4) is 0 Å². The lowest BCUT2D eigenvalue weighted by atomic mass is 10.0. The molecule has 0 aliphatic carbocycles. The fourth-order valence-electron chi connectivity index (χ4n) is 3.03. The third kappa shape index (κ3) is 7.39. The number of amides is 1. The number of benzene rings is 1. The summed E-state index contributed by atoms with van der Waals surface area (Å²) in [5.74, 6) is 0.579. The van der Waals surface area contributed by atoms with Crippen LogP contribution in [0.25, 0.3) is 0 Å². The van der Waals surface area contributed by atoms with Crippen LogP contribution in [-0.2, 0) is 11.3 Å². The number of nitrogens with zero attached hydrogens (tertiary/aromatic N) is 2. The molecule has 1 heterocycles. The maximum atomic E-state index is 12.4. The Bertz CT molecular complexity index is 471. The highest BCUT2D eigenvalue weighted by atomic mass is 35.5. The van der Waals surface area contributed by atoms with Gasteiger partial charge in [-0.25, -0.2) is 0 Å². The fraction of sp³-hybridized carbons (Fsp3) is 0.611. The van der Waals surface area contributed by atoms with Crippen molar-refractivity contribution in [2.45, 2.75) is 39.3 Å². The molecule has 2 N–H and O–H groups in total. The van der Waals surface area contributed by atoms with Gasteiger partial charge in [0.2, 0.25) is 5.91 Å². The number of hydrogen-bond acceptors (Lipinski definition) is 3. The van der Waals surface area contributed by atoms with E-state index >= 15 is 0 Å². The summed E-state index contributed by atoms with van der Waals surface area (Å²) in [7, 11) is 0. The van der Waals surface area contributed by atoms with Crippen molar-refractivity contribution in [3.63, 3.8) is 0 Å². The van der Waals surface area contributed by atoms with Crippen LogP contribution in [0, 0.1) is 5.92 Å². The largest absolute Gasteiger partial charge is 0.340 e. The molecule has 1 fully saturated rings. The third-order valence-electron chi connectivity index (χ3n) is 4.19. The highest BCUT2D eigenvalue weighted by molar-refractivity contribution is 5.85. The molecule has 0 saturated carbocycles. The van der Waals surface area contributed by atoms with Crippen LogP contribution in [0.5, 0.6) is 0 Å². The molecular formula is C18H31Cl2N3O. The quantitative estimate of drug-likeness (QED) is 0.860. The molecular weight excluding hydrogens is 345 g/mol. The Hall–Kier alpha value is -0.810. The van der Waals surface area contributed by atoms with Gasteiger partial charge in [0, 0.05) is 32.7 Å². The third-order valence-corrected chi connectivity index (χ3v) is 4.19. The van der Waals surface area contributed by atoms with Gasteiger partial charge in [-0.2, -0.15) is 0 Å². The second-order valence-corrected chi connectivity index (χ2v) is 6.68. The van der Waals surface area contributed by atoms with E-state index in [1.807, 2.05) is 11.0 Å². The molecule has 1 aromatic carbocycles. The molecule has 0 unspecified atom stereocenters. The first kappa shape index (κ1) is 23.2. The van der Waals surface area contributed by atoms with Crippen molar-refractivity contribution < 1.29 is 4.79 Å². The topological polar surface area (TPSA) is 49.6 Å². The van der Waals surface area contributed by atoms with Gasteiger partial charge in [0.05, 0.1) is 6.04 Å². The Balaban J connectivity index is 0.00000264. The minimum atomic E-state index is -0.347. The highest BCUT2D eigenvalue weighted by Gasteiger charge is 2.24. The molecule has 0 aromatic heterocycles. The maximum absolute atomic E-state index is 12.4. The van der Waals surface area contributed by atoms with Crippen LogP contribution in [-0.4, -0.2) is 47.9 Å². The Morgan fingerprint density at radius 3 is 2.38 bits per heavy atom. The Morgan fingerprint density at radius 2 is 1.75 bits per heavy atom. The molecule has 1 atom stereocenters. The number of rotatable bonds is 5. The van der Waals surface area contributed by atoms with E-state index in [1.54, 1.807) is 0 Å². The second kappa shape index (κ2) is 11.7. The summed E-state index contributed by atoms with van der Waals surface area (Å²) < 4.78 is 0. The van der Waals surface area contributed by atoms with E-state index in [9.17, 15) is 4.79 Å². The first-order chi connectivity index (χ1) is 10.6. The van der Waals surface area contributed by atoms with Crippen LogP contribution >= 0.6 is 24.8 Å². The zero-order valence-electron chi connectivity index (χ0n) is 14.7. The van der Waals surface area contributed by atoms with Crippen LogP contribution in [0.15, 0.2) is 30.3 Å². The first-order valence-electron chi connectivity index (χ1n) is 8.37. The predicted molar refractivity (Wildman–Crippen MR) is 105 cm³/mol. The molecule has 2 rings (SSSR count). The van der Waals surface area contributed by atoms with E-state index in [4.69, 9.17) is 5.73 Å². The number of carbonyl (C=O) groups excluding carboxylic acids is 1. The van der Waals surface area contributed by atoms with Crippen molar-refractivity contribution in [1.82, 2.24) is 9.80 Å². The molecule has 24 heavy (non-hydrogen) atoms. The van der Waals surface area contributed by atoms with E-state index in [0.29, 0.717) is 5.92 Å². The number of halogens is 2. The van der Waals surface area contributed by atoms with Crippen molar-refractivity contribution in [3.05, 3.63) is 35.9 Å². The maximum Gasteiger partial charge on any atom is 0.239 e. The zero-order valence-corrected chi connectivity index (χ0v) is 16.3. The van der Waals surface area contributed by atoms with Gasteiger partial charge in [0.25, 0.3) is 0 Å². The van der Waals surface area contributed by atoms with Crippen molar-refractivity contribution in [1.29, 1.82) is 0 Å². The van der Waals surface area contributed by atoms with E-state index < -0.39 is 0 Å².